The van der Waals surface area contributed by atoms with Crippen molar-refractivity contribution in [3.63, 3.8) is 0 Å². The number of nitrogens with zero attached hydrogens (tertiary/aromatic N) is 1. The second-order valence-electron chi connectivity index (χ2n) is 4.99. The smallest absolute Gasteiger partial charge is 0.160 e. The number of carbonyl (C=O) groups excluding carboxylic acids is 1. The van der Waals surface area contributed by atoms with Crippen molar-refractivity contribution in [2.24, 2.45) is 5.73 Å². The monoisotopic (exact) mass is 286 g/mol. The van der Waals surface area contributed by atoms with E-state index in [1.165, 1.54) is 11.8 Å². The minimum atomic E-state index is -0.433. The van der Waals surface area contributed by atoms with Gasteiger partial charge in [-0.2, -0.15) is 5.26 Å². The largest absolute Gasteiger partial charge is 0.465 e. The maximum atomic E-state index is 12.3. The Morgan fingerprint density at radius 3 is 2.90 bits per heavy atom. The fraction of sp³-hybridized carbons (Fsp3) is 0.333. The average Bonchev–Trinajstić information content (AvgIpc) is 2.84. The molecule has 0 saturated carbocycles. The minimum absolute atomic E-state index is 0.109. The van der Waals surface area contributed by atoms with E-state index in [1.54, 1.807) is 0 Å². The van der Waals surface area contributed by atoms with Crippen LogP contribution in [0.15, 0.2) is 37.6 Å². The van der Waals surface area contributed by atoms with Crippen molar-refractivity contribution in [3.8, 4) is 6.07 Å². The van der Waals surface area contributed by atoms with Gasteiger partial charge in [0.1, 0.15) is 11.5 Å². The molecule has 2 aliphatic rings. The molecule has 0 radical (unpaired) electrons. The standard InChI is InChI=1S/C15H14N2O2S/c1-8-5-6-11(19-8)13-9(7-16)15(17)20-12-4-2-3-10(18)14(12)13/h5-6,13H,2-4,17H2,1H3/t13-/m0/s1. The third-order valence-corrected chi connectivity index (χ3v) is 4.76. The predicted molar refractivity (Wildman–Crippen MR) is 76.5 cm³/mol. The summed E-state index contributed by atoms with van der Waals surface area (Å²) in [5.41, 5.74) is 7.15. The van der Waals surface area contributed by atoms with Crippen LogP contribution < -0.4 is 5.73 Å². The lowest BCUT2D eigenvalue weighted by atomic mass is 9.82. The highest BCUT2D eigenvalue weighted by Crippen LogP contribution is 2.49. The Bertz CT molecular complexity index is 691. The van der Waals surface area contributed by atoms with E-state index in [9.17, 15) is 10.1 Å². The molecule has 0 amide bonds. The Hall–Kier alpha value is -1.93. The zero-order valence-corrected chi connectivity index (χ0v) is 11.9. The summed E-state index contributed by atoms with van der Waals surface area (Å²) in [5.74, 6) is 1.07. The molecule has 0 bridgehead atoms. The molecule has 1 aromatic heterocycles. The number of rotatable bonds is 1. The summed E-state index contributed by atoms with van der Waals surface area (Å²) in [5, 5.41) is 9.89. The minimum Gasteiger partial charge on any atom is -0.465 e. The molecule has 0 saturated heterocycles. The van der Waals surface area contributed by atoms with Gasteiger partial charge in [-0.05, 0) is 36.8 Å². The van der Waals surface area contributed by atoms with Crippen LogP contribution in [-0.2, 0) is 4.79 Å². The van der Waals surface area contributed by atoms with Crippen LogP contribution >= 0.6 is 11.8 Å². The average molecular weight is 286 g/mol. The van der Waals surface area contributed by atoms with Crippen LogP contribution in [0.5, 0.6) is 0 Å². The number of allylic oxidation sites excluding steroid dienone is 3. The van der Waals surface area contributed by atoms with Crippen LogP contribution in [0.25, 0.3) is 0 Å². The Kier molecular flexibility index (Phi) is 3.19. The lowest BCUT2D eigenvalue weighted by Gasteiger charge is -2.29. The van der Waals surface area contributed by atoms with Crippen LogP contribution in [0.3, 0.4) is 0 Å². The van der Waals surface area contributed by atoms with Crippen LogP contribution in [0.2, 0.25) is 0 Å². The Morgan fingerprint density at radius 2 is 2.25 bits per heavy atom. The number of thioether (sulfide) groups is 1. The molecule has 1 aliphatic heterocycles. The van der Waals surface area contributed by atoms with Crippen molar-refractivity contribution < 1.29 is 9.21 Å². The van der Waals surface area contributed by atoms with Crippen molar-refractivity contribution in [1.29, 1.82) is 5.26 Å². The van der Waals surface area contributed by atoms with Crippen molar-refractivity contribution >= 4 is 17.5 Å². The van der Waals surface area contributed by atoms with E-state index >= 15 is 0 Å². The number of nitrogens with two attached hydrogens (primary N) is 1. The number of ketones is 1. The zero-order chi connectivity index (χ0) is 14.3. The first-order valence-corrected chi connectivity index (χ1v) is 7.33. The summed E-state index contributed by atoms with van der Waals surface area (Å²) < 4.78 is 5.66. The molecule has 0 unspecified atom stereocenters. The SMILES string of the molecule is Cc1ccc([C@@H]2C(C#N)=C(N)SC3=C2C(=O)CCC3)o1. The molecule has 102 valence electrons. The van der Waals surface area contributed by atoms with E-state index in [1.807, 2.05) is 19.1 Å². The van der Waals surface area contributed by atoms with Crippen LogP contribution in [-0.4, -0.2) is 5.78 Å². The van der Waals surface area contributed by atoms with Gasteiger partial charge < -0.3 is 10.2 Å². The molecular formula is C15H14N2O2S. The molecule has 1 aromatic rings. The quantitative estimate of drug-likeness (QED) is 0.858. The highest BCUT2D eigenvalue weighted by molar-refractivity contribution is 8.06. The van der Waals surface area contributed by atoms with E-state index < -0.39 is 5.92 Å². The first kappa shape index (κ1) is 13.1. The summed E-state index contributed by atoms with van der Waals surface area (Å²) in [6.07, 6.45) is 2.24. The zero-order valence-electron chi connectivity index (χ0n) is 11.1. The number of hydrogen-bond acceptors (Lipinski definition) is 5. The highest BCUT2D eigenvalue weighted by atomic mass is 32.2. The molecule has 2 heterocycles. The summed E-state index contributed by atoms with van der Waals surface area (Å²) in [4.78, 5) is 13.3. The molecule has 20 heavy (non-hydrogen) atoms. The van der Waals surface area contributed by atoms with Gasteiger partial charge in [0.05, 0.1) is 22.6 Å². The maximum absolute atomic E-state index is 12.3. The molecule has 1 atom stereocenters. The molecular weight excluding hydrogens is 272 g/mol. The van der Waals surface area contributed by atoms with Gasteiger partial charge in [0.15, 0.2) is 5.78 Å². The molecule has 4 nitrogen and oxygen atoms in total. The lowest BCUT2D eigenvalue weighted by Crippen LogP contribution is -2.23. The van der Waals surface area contributed by atoms with E-state index in [0.29, 0.717) is 28.4 Å². The molecule has 2 N–H and O–H groups in total. The van der Waals surface area contributed by atoms with Crippen LogP contribution in [0.1, 0.15) is 36.7 Å². The molecule has 0 fully saturated rings. The number of hydrogen-bond donors (Lipinski definition) is 1. The topological polar surface area (TPSA) is 80.0 Å². The number of furan rings is 1. The second kappa shape index (κ2) is 4.88. The summed E-state index contributed by atoms with van der Waals surface area (Å²) in [6.45, 7) is 1.85. The maximum Gasteiger partial charge on any atom is 0.160 e. The summed E-state index contributed by atoms with van der Waals surface area (Å²) in [6, 6.07) is 5.82. The van der Waals surface area contributed by atoms with Gasteiger partial charge in [0.2, 0.25) is 0 Å². The fourth-order valence-electron chi connectivity index (χ4n) is 2.75. The Labute approximate surface area is 121 Å². The van der Waals surface area contributed by atoms with Gasteiger partial charge in [-0.15, -0.1) is 0 Å². The van der Waals surface area contributed by atoms with E-state index in [-0.39, 0.29) is 5.78 Å². The number of Topliss-reactive ketones (excluding diaryl/α,β-unsaturated/α-hetero) is 1. The van der Waals surface area contributed by atoms with Crippen LogP contribution in [0, 0.1) is 18.3 Å². The van der Waals surface area contributed by atoms with Crippen molar-refractivity contribution in [3.05, 3.63) is 44.7 Å². The molecule has 1 aliphatic carbocycles. The molecule has 3 rings (SSSR count). The number of carbonyl (C=O) groups is 1. The van der Waals surface area contributed by atoms with Crippen molar-refractivity contribution in [2.45, 2.75) is 32.1 Å². The Morgan fingerprint density at radius 1 is 1.45 bits per heavy atom. The first-order valence-electron chi connectivity index (χ1n) is 6.52. The van der Waals surface area contributed by atoms with E-state index in [2.05, 4.69) is 6.07 Å². The third kappa shape index (κ3) is 1.97. The van der Waals surface area contributed by atoms with Gasteiger partial charge in [0.25, 0.3) is 0 Å². The fourth-order valence-corrected chi connectivity index (χ4v) is 3.88. The summed E-state index contributed by atoms with van der Waals surface area (Å²) >= 11 is 1.36. The first-order chi connectivity index (χ1) is 9.61. The summed E-state index contributed by atoms with van der Waals surface area (Å²) in [7, 11) is 0. The number of nitriles is 1. The highest BCUT2D eigenvalue weighted by Gasteiger charge is 2.38. The van der Waals surface area contributed by atoms with Gasteiger partial charge in [-0.25, -0.2) is 0 Å². The lowest BCUT2D eigenvalue weighted by molar-refractivity contribution is -0.116. The number of aryl methyl sites for hydroxylation is 1. The molecule has 5 heteroatoms. The van der Waals surface area contributed by atoms with Crippen molar-refractivity contribution in [2.75, 3.05) is 0 Å². The van der Waals surface area contributed by atoms with E-state index in [0.717, 1.165) is 23.5 Å². The molecule has 0 aromatic carbocycles. The predicted octanol–water partition coefficient (Wildman–Crippen LogP) is 3.12. The van der Waals surface area contributed by atoms with Gasteiger partial charge in [-0.3, -0.25) is 4.79 Å². The van der Waals surface area contributed by atoms with E-state index in [4.69, 9.17) is 10.2 Å². The molecule has 0 spiro atoms. The van der Waals surface area contributed by atoms with Gasteiger partial charge in [-0.1, -0.05) is 11.8 Å². The normalized spacial score (nSPS) is 22.8. The van der Waals surface area contributed by atoms with Crippen LogP contribution in [0.4, 0.5) is 0 Å². The van der Waals surface area contributed by atoms with Crippen molar-refractivity contribution in [1.82, 2.24) is 0 Å². The second-order valence-corrected chi connectivity index (χ2v) is 6.12. The third-order valence-electron chi connectivity index (χ3n) is 3.65. The van der Waals surface area contributed by atoms with Gasteiger partial charge in [0, 0.05) is 12.0 Å². The van der Waals surface area contributed by atoms with Gasteiger partial charge >= 0.3 is 0 Å². The Balaban J connectivity index is 2.18.